The second kappa shape index (κ2) is 11.1. The summed E-state index contributed by atoms with van der Waals surface area (Å²) in [6, 6.07) is 9.66. The van der Waals surface area contributed by atoms with E-state index >= 15 is 0 Å². The van der Waals surface area contributed by atoms with Crippen LogP contribution >= 0.6 is 0 Å². The molecular weight excluding hydrogens is 454 g/mol. The van der Waals surface area contributed by atoms with Crippen molar-refractivity contribution in [2.75, 3.05) is 25.1 Å². The Morgan fingerprint density at radius 2 is 1.92 bits per heavy atom. The fourth-order valence-electron chi connectivity index (χ4n) is 4.25. The van der Waals surface area contributed by atoms with Crippen LogP contribution in [0.15, 0.2) is 48.8 Å². The van der Waals surface area contributed by atoms with Crippen molar-refractivity contribution >= 4 is 17.5 Å². The first-order chi connectivity index (χ1) is 17.0. The molecule has 3 rings (SSSR count). The summed E-state index contributed by atoms with van der Waals surface area (Å²) in [7, 11) is 1.59. The minimum Gasteiger partial charge on any atom is -0.377 e. The minimum atomic E-state index is -0.972. The normalized spacial score (nSPS) is 16.8. The molecule has 2 amide bonds. The number of nitrogens with one attached hydrogen (secondary N) is 1. The zero-order chi connectivity index (χ0) is 26.5. The zero-order valence-electron chi connectivity index (χ0n) is 22.1. The molecule has 1 aromatic carbocycles. The van der Waals surface area contributed by atoms with Crippen LogP contribution in [0.25, 0.3) is 0 Å². The van der Waals surface area contributed by atoms with Crippen LogP contribution in [0.1, 0.15) is 64.6 Å². The van der Waals surface area contributed by atoms with E-state index in [0.29, 0.717) is 24.2 Å². The quantitative estimate of drug-likeness (QED) is 0.562. The van der Waals surface area contributed by atoms with Gasteiger partial charge in [0, 0.05) is 43.8 Å². The number of methoxy groups -OCH3 is 1. The fraction of sp³-hybridized carbons (Fsp3) is 0.500. The zero-order valence-corrected chi connectivity index (χ0v) is 22.1. The molecule has 36 heavy (non-hydrogen) atoms. The average Bonchev–Trinajstić information content (AvgIpc) is 3.35. The van der Waals surface area contributed by atoms with E-state index in [-0.39, 0.29) is 23.8 Å². The number of amides is 2. The van der Waals surface area contributed by atoms with Crippen molar-refractivity contribution in [1.82, 2.24) is 15.2 Å². The first kappa shape index (κ1) is 27.2. The van der Waals surface area contributed by atoms with Crippen molar-refractivity contribution in [1.29, 1.82) is 5.26 Å². The van der Waals surface area contributed by atoms with Gasteiger partial charge in [-0.15, -0.1) is 0 Å². The number of rotatable bonds is 8. The summed E-state index contributed by atoms with van der Waals surface area (Å²) in [5.41, 5.74) is 1.64. The Hall–Kier alpha value is -3.44. The summed E-state index contributed by atoms with van der Waals surface area (Å²) in [6.07, 6.45) is 6.68. The lowest BCUT2D eigenvalue weighted by molar-refractivity contribution is -0.128. The van der Waals surface area contributed by atoms with E-state index in [1.807, 2.05) is 38.1 Å². The number of carbonyl (C=O) groups is 2. The van der Waals surface area contributed by atoms with Gasteiger partial charge in [-0.1, -0.05) is 39.0 Å². The van der Waals surface area contributed by atoms with Gasteiger partial charge in [-0.2, -0.15) is 5.26 Å². The highest BCUT2D eigenvalue weighted by Gasteiger charge is 2.40. The first-order valence-corrected chi connectivity index (χ1v) is 12.3. The fourth-order valence-corrected chi connectivity index (χ4v) is 4.25. The monoisotopic (exact) mass is 491 g/mol. The second-order valence-corrected chi connectivity index (χ2v) is 10.8. The number of pyridine rings is 1. The van der Waals surface area contributed by atoms with Crippen LogP contribution in [0, 0.1) is 11.5 Å². The number of aromatic nitrogens is 1. The number of nitriles is 1. The molecule has 0 aliphatic carbocycles. The van der Waals surface area contributed by atoms with Gasteiger partial charge in [-0.3, -0.25) is 24.4 Å². The van der Waals surface area contributed by atoms with E-state index in [2.05, 4.69) is 37.3 Å². The highest BCUT2D eigenvalue weighted by atomic mass is 16.5. The van der Waals surface area contributed by atoms with E-state index in [4.69, 9.17) is 4.74 Å². The highest BCUT2D eigenvalue weighted by molar-refractivity contribution is 6.04. The number of likely N-dealkylation sites (tertiary alicyclic amines) is 1. The van der Waals surface area contributed by atoms with Crippen LogP contribution in [0.5, 0.6) is 0 Å². The molecule has 2 aromatic rings. The Labute approximate surface area is 214 Å². The number of carbonyl (C=O) groups excluding carboxylic acids is 2. The van der Waals surface area contributed by atoms with Crippen molar-refractivity contribution < 1.29 is 14.3 Å². The molecule has 8 heteroatoms. The maximum atomic E-state index is 14.1. The second-order valence-electron chi connectivity index (χ2n) is 10.8. The molecule has 0 bridgehead atoms. The van der Waals surface area contributed by atoms with Gasteiger partial charge in [-0.05, 0) is 55.9 Å². The van der Waals surface area contributed by atoms with Crippen LogP contribution in [-0.4, -0.2) is 53.5 Å². The Morgan fingerprint density at radius 3 is 2.47 bits per heavy atom. The Bertz CT molecular complexity index is 1090. The highest BCUT2D eigenvalue weighted by Crippen LogP contribution is 2.33. The lowest BCUT2D eigenvalue weighted by Gasteiger charge is -2.35. The largest absolute Gasteiger partial charge is 0.377 e. The summed E-state index contributed by atoms with van der Waals surface area (Å²) in [6.45, 7) is 10.9. The molecule has 0 radical (unpaired) electrons. The predicted octanol–water partition coefficient (Wildman–Crippen LogP) is 3.94. The SMILES string of the molecule is COC(C)(C)CNC(=O)C(c1cccnc1)N(C(=O)[C@H]1CCCN1C#N)c1ccc(C(C)(C)C)cc1. The molecule has 1 N–H and O–H groups in total. The molecule has 2 atom stereocenters. The summed E-state index contributed by atoms with van der Waals surface area (Å²) in [5.74, 6) is -0.629. The average molecular weight is 492 g/mol. The standard InChI is InChI=1S/C28H37N5O3/c1-27(2,3)21-11-13-22(14-12-21)33(26(35)23-10-8-16-32(23)19-29)24(20-9-7-15-30-17-20)25(34)31-18-28(4,5)36-6/h7,9,11-15,17,23-24H,8,10,16,18H2,1-6H3,(H,31,34)/t23-,24?/m1/s1. The molecule has 1 aliphatic rings. The Morgan fingerprint density at radius 1 is 1.22 bits per heavy atom. The Balaban J connectivity index is 2.10. The number of nitrogens with zero attached hydrogens (tertiary/aromatic N) is 4. The van der Waals surface area contributed by atoms with Gasteiger partial charge in [-0.25, -0.2) is 0 Å². The van der Waals surface area contributed by atoms with Gasteiger partial charge in [0.15, 0.2) is 6.19 Å². The number of hydrogen-bond acceptors (Lipinski definition) is 6. The predicted molar refractivity (Wildman–Crippen MR) is 139 cm³/mol. The molecular formula is C28H37N5O3. The van der Waals surface area contributed by atoms with Crippen molar-refractivity contribution in [2.24, 2.45) is 0 Å². The minimum absolute atomic E-state index is 0.0672. The van der Waals surface area contributed by atoms with E-state index in [1.54, 1.807) is 31.6 Å². The van der Waals surface area contributed by atoms with Crippen molar-refractivity contribution in [2.45, 2.75) is 70.6 Å². The van der Waals surface area contributed by atoms with Gasteiger partial charge in [0.05, 0.1) is 5.60 Å². The van der Waals surface area contributed by atoms with Crippen molar-refractivity contribution in [3.63, 3.8) is 0 Å². The molecule has 192 valence electrons. The maximum absolute atomic E-state index is 14.1. The molecule has 1 aromatic heterocycles. The number of hydrogen-bond donors (Lipinski definition) is 1. The summed E-state index contributed by atoms with van der Waals surface area (Å²) in [5, 5.41) is 12.6. The Kier molecular flexibility index (Phi) is 8.36. The molecule has 1 saturated heterocycles. The van der Waals surface area contributed by atoms with Gasteiger partial charge < -0.3 is 10.1 Å². The third kappa shape index (κ3) is 6.21. The van der Waals surface area contributed by atoms with Crippen molar-refractivity contribution in [3.8, 4) is 6.19 Å². The summed E-state index contributed by atoms with van der Waals surface area (Å²) >= 11 is 0. The van der Waals surface area contributed by atoms with E-state index in [0.717, 1.165) is 12.0 Å². The molecule has 1 fully saturated rings. The molecule has 0 saturated carbocycles. The molecule has 2 heterocycles. The van der Waals surface area contributed by atoms with E-state index in [9.17, 15) is 14.9 Å². The first-order valence-electron chi connectivity index (χ1n) is 12.3. The number of anilines is 1. The van der Waals surface area contributed by atoms with Gasteiger partial charge >= 0.3 is 0 Å². The lowest BCUT2D eigenvalue weighted by atomic mass is 9.87. The van der Waals surface area contributed by atoms with Crippen LogP contribution in [0.2, 0.25) is 0 Å². The van der Waals surface area contributed by atoms with Crippen LogP contribution in [0.4, 0.5) is 5.69 Å². The third-order valence-corrected chi connectivity index (χ3v) is 6.66. The van der Waals surface area contributed by atoms with Gasteiger partial charge in [0.1, 0.15) is 12.1 Å². The smallest absolute Gasteiger partial charge is 0.251 e. The summed E-state index contributed by atoms with van der Waals surface area (Å²) < 4.78 is 5.47. The molecule has 8 nitrogen and oxygen atoms in total. The topological polar surface area (TPSA) is 98.6 Å². The van der Waals surface area contributed by atoms with Crippen molar-refractivity contribution in [3.05, 3.63) is 59.9 Å². The van der Waals surface area contributed by atoms with Crippen LogP contribution < -0.4 is 10.2 Å². The van der Waals surface area contributed by atoms with Crippen LogP contribution in [0.3, 0.4) is 0 Å². The van der Waals surface area contributed by atoms with E-state index in [1.165, 1.54) is 9.80 Å². The van der Waals surface area contributed by atoms with Gasteiger partial charge in [0.2, 0.25) is 5.91 Å². The molecule has 1 aliphatic heterocycles. The lowest BCUT2D eigenvalue weighted by Crippen LogP contribution is -2.51. The van der Waals surface area contributed by atoms with E-state index < -0.39 is 17.7 Å². The molecule has 0 spiro atoms. The van der Waals surface area contributed by atoms with Gasteiger partial charge in [0.25, 0.3) is 5.91 Å². The number of ether oxygens (including phenoxy) is 1. The summed E-state index contributed by atoms with van der Waals surface area (Å²) in [4.78, 5) is 35.1. The number of benzene rings is 1. The van der Waals surface area contributed by atoms with Crippen LogP contribution in [-0.2, 0) is 19.7 Å². The maximum Gasteiger partial charge on any atom is 0.251 e. The third-order valence-electron chi connectivity index (χ3n) is 6.66. The molecule has 1 unspecified atom stereocenters.